The topological polar surface area (TPSA) is 51.6 Å². The second-order valence-corrected chi connectivity index (χ2v) is 23.5. The zero-order chi connectivity index (χ0) is 65.4. The highest BCUT2D eigenvalue weighted by atomic mass is 14.7. The summed E-state index contributed by atoms with van der Waals surface area (Å²) in [5.41, 5.74) is 30.0. The van der Waals surface area contributed by atoms with E-state index in [0.29, 0.717) is 0 Å². The predicted octanol–water partition coefficient (Wildman–Crippen LogP) is 24.2. The first-order chi connectivity index (χ1) is 46.6. The molecule has 0 aliphatic rings. The lowest BCUT2D eigenvalue weighted by Crippen LogP contribution is -1.89. The highest BCUT2D eigenvalue weighted by molar-refractivity contribution is 5.77. The maximum atomic E-state index is 4.77. The number of nitrogens with zero attached hydrogens (tertiary/aromatic N) is 4. The van der Waals surface area contributed by atoms with Crippen LogP contribution in [0.25, 0.3) is 112 Å². The summed E-state index contributed by atoms with van der Waals surface area (Å²) in [7, 11) is 0. The van der Waals surface area contributed by atoms with Crippen molar-refractivity contribution in [3.05, 3.63) is 399 Å². The van der Waals surface area contributed by atoms with E-state index in [2.05, 4.69) is 297 Å². The van der Waals surface area contributed by atoms with Gasteiger partial charge < -0.3 is 0 Å². The average molecular weight is 1230 g/mol. The molecule has 0 radical (unpaired) electrons. The van der Waals surface area contributed by atoms with Gasteiger partial charge in [-0.1, -0.05) is 285 Å². The van der Waals surface area contributed by atoms with Gasteiger partial charge in [-0.05, 0) is 190 Å². The summed E-state index contributed by atoms with van der Waals surface area (Å²) in [6.45, 7) is 10.6. The second-order valence-electron chi connectivity index (χ2n) is 23.5. The number of pyridine rings is 4. The average Bonchev–Trinajstić information content (AvgIpc) is 1.37. The molecule has 0 amide bonds. The van der Waals surface area contributed by atoms with Crippen molar-refractivity contribution in [1.82, 2.24) is 19.9 Å². The highest BCUT2D eigenvalue weighted by Crippen LogP contribution is 2.32. The van der Waals surface area contributed by atoms with E-state index in [9.17, 15) is 0 Å². The van der Waals surface area contributed by atoms with E-state index in [1.54, 1.807) is 6.20 Å². The lowest BCUT2D eigenvalue weighted by Gasteiger charge is -2.08. The molecule has 0 saturated heterocycles. The smallest absolute Gasteiger partial charge is 0.0712 e. The molecule has 0 unspecified atom stereocenters. The molecule has 460 valence electrons. The predicted molar refractivity (Wildman–Crippen MR) is 401 cm³/mol. The molecular formula is C91H76N4. The molecule has 0 N–H and O–H groups in total. The van der Waals surface area contributed by atoms with E-state index in [4.69, 9.17) is 4.98 Å². The fraction of sp³-hybridized carbons (Fsp3) is 0.0549. The quantitative estimate of drug-likeness (QED) is 0.137. The number of rotatable bonds is 10. The van der Waals surface area contributed by atoms with Crippen LogP contribution in [0.15, 0.2) is 371 Å². The summed E-state index contributed by atoms with van der Waals surface area (Å²) in [5, 5.41) is 0. The highest BCUT2D eigenvalue weighted by Gasteiger charge is 2.09. The van der Waals surface area contributed by atoms with Crippen molar-refractivity contribution in [2.45, 2.75) is 34.6 Å². The summed E-state index contributed by atoms with van der Waals surface area (Å²) in [5.74, 6) is 0. The Bertz CT molecular complexity index is 3790. The van der Waals surface area contributed by atoms with Gasteiger partial charge in [0.1, 0.15) is 0 Å². The monoisotopic (exact) mass is 1220 g/mol. The van der Waals surface area contributed by atoms with E-state index in [1.165, 1.54) is 94.6 Å². The molecular weight excluding hydrogens is 1150 g/mol. The fourth-order valence-electron chi connectivity index (χ4n) is 11.4. The molecule has 0 bridgehead atoms. The van der Waals surface area contributed by atoms with E-state index in [-0.39, 0.29) is 0 Å². The maximum Gasteiger partial charge on any atom is 0.0712 e. The molecule has 0 fully saturated rings. The third-order valence-corrected chi connectivity index (χ3v) is 15.9. The van der Waals surface area contributed by atoms with Gasteiger partial charge in [-0.15, -0.1) is 0 Å². The molecule has 95 heavy (non-hydrogen) atoms. The third-order valence-electron chi connectivity index (χ3n) is 15.9. The van der Waals surface area contributed by atoms with Crippen molar-refractivity contribution >= 4 is 0 Å². The van der Waals surface area contributed by atoms with Crippen molar-refractivity contribution in [2.24, 2.45) is 0 Å². The molecule has 4 aromatic heterocycles. The van der Waals surface area contributed by atoms with Crippen LogP contribution in [0.1, 0.15) is 27.9 Å². The first-order valence-corrected chi connectivity index (χ1v) is 32.2. The molecule has 4 heteroatoms. The van der Waals surface area contributed by atoms with Crippen LogP contribution in [0.4, 0.5) is 0 Å². The Morgan fingerprint density at radius 1 is 0.168 bits per heavy atom. The van der Waals surface area contributed by atoms with Crippen LogP contribution in [0.3, 0.4) is 0 Å². The van der Waals surface area contributed by atoms with Gasteiger partial charge in [0, 0.05) is 52.7 Å². The van der Waals surface area contributed by atoms with Crippen LogP contribution < -0.4 is 0 Å². The third kappa shape index (κ3) is 18.6. The molecule has 11 aromatic carbocycles. The van der Waals surface area contributed by atoms with Gasteiger partial charge >= 0.3 is 0 Å². The van der Waals surface area contributed by atoms with Crippen LogP contribution in [0.5, 0.6) is 0 Å². The SMILES string of the molecule is Cc1cc(-c2ccccc2)cc(-c2ccccc2)c1.Cc1cc(-c2ccccc2)cc(-c2ccccc2)n1.Cc1cc(-c2ccccc2)cc(-c2cccnc2)c1.Cc1cc(-c2ccccc2)cc(-c2ccncc2)c1.Cc1cc(-c2ccccc2)nc(-c2ccccc2)c1. The molecule has 15 rings (SSSR count). The molecule has 0 saturated carbocycles. The summed E-state index contributed by atoms with van der Waals surface area (Å²) in [6.07, 6.45) is 7.38. The van der Waals surface area contributed by atoms with Gasteiger partial charge in [-0.3, -0.25) is 15.0 Å². The van der Waals surface area contributed by atoms with E-state index < -0.39 is 0 Å². The van der Waals surface area contributed by atoms with Crippen LogP contribution in [0.2, 0.25) is 0 Å². The second kappa shape index (κ2) is 32.9. The van der Waals surface area contributed by atoms with Gasteiger partial charge in [-0.2, -0.15) is 0 Å². The van der Waals surface area contributed by atoms with Crippen molar-refractivity contribution in [3.8, 4) is 112 Å². The minimum atomic E-state index is 1.03. The standard InChI is InChI=1S/C19H16.4C18H15N/c1-15-12-18(16-8-4-2-5-9-16)14-19(13-15)17-10-6-3-7-11-17;1-14-12-17(15-8-4-2-5-9-15)13-18(19-14)16-10-6-3-7-11-16;1-14-12-17(15-8-4-2-5-9-15)19-18(13-14)16-10-6-3-7-11-16;1-14-10-17(15-6-3-2-4-7-15)12-18(11-14)16-8-5-9-19-13-16;1-14-11-17(15-5-3-2-4-6-15)13-18(12-14)16-7-9-19-10-8-16/h2-14H,1H3;4*2-13H,1H3. The summed E-state index contributed by atoms with van der Waals surface area (Å²) >= 11 is 0. The molecule has 4 heterocycles. The Kier molecular flexibility index (Phi) is 22.3. The largest absolute Gasteiger partial charge is 0.265 e. The van der Waals surface area contributed by atoms with Gasteiger partial charge in [0.15, 0.2) is 0 Å². The van der Waals surface area contributed by atoms with Crippen LogP contribution in [-0.4, -0.2) is 19.9 Å². The number of hydrogen-bond acceptors (Lipinski definition) is 4. The van der Waals surface area contributed by atoms with Crippen LogP contribution in [-0.2, 0) is 0 Å². The molecule has 15 aromatic rings. The molecule has 0 aliphatic carbocycles. The Labute approximate surface area is 561 Å². The Hall–Kier alpha value is -12.0. The van der Waals surface area contributed by atoms with Gasteiger partial charge in [0.2, 0.25) is 0 Å². The van der Waals surface area contributed by atoms with Crippen molar-refractivity contribution in [2.75, 3.05) is 0 Å². The minimum absolute atomic E-state index is 1.03. The number of aryl methyl sites for hydroxylation is 5. The molecule has 0 atom stereocenters. The Balaban J connectivity index is 0.000000121. The van der Waals surface area contributed by atoms with Gasteiger partial charge in [0.25, 0.3) is 0 Å². The van der Waals surface area contributed by atoms with Gasteiger partial charge in [-0.25, -0.2) is 4.98 Å². The van der Waals surface area contributed by atoms with Crippen molar-refractivity contribution in [1.29, 1.82) is 0 Å². The van der Waals surface area contributed by atoms with E-state index >= 15 is 0 Å². The first-order valence-electron chi connectivity index (χ1n) is 32.2. The number of benzene rings is 11. The lowest BCUT2D eigenvalue weighted by molar-refractivity contribution is 1.21. The maximum absolute atomic E-state index is 4.77. The van der Waals surface area contributed by atoms with Crippen molar-refractivity contribution < 1.29 is 0 Å². The summed E-state index contributed by atoms with van der Waals surface area (Å²) in [4.78, 5) is 17.7. The normalized spacial score (nSPS) is 10.4. The van der Waals surface area contributed by atoms with E-state index in [0.717, 1.165) is 45.0 Å². The lowest BCUT2D eigenvalue weighted by atomic mass is 9.97. The van der Waals surface area contributed by atoms with Crippen molar-refractivity contribution in [3.63, 3.8) is 0 Å². The summed E-state index contributed by atoms with van der Waals surface area (Å²) < 4.78 is 0. The first kappa shape index (κ1) is 64.5. The molecule has 4 nitrogen and oxygen atoms in total. The van der Waals surface area contributed by atoms with Gasteiger partial charge in [0.05, 0.1) is 17.1 Å². The minimum Gasteiger partial charge on any atom is -0.265 e. The number of hydrogen-bond donors (Lipinski definition) is 0. The van der Waals surface area contributed by atoms with Crippen LogP contribution >= 0.6 is 0 Å². The number of aromatic nitrogens is 4. The Morgan fingerprint density at radius 2 is 0.421 bits per heavy atom. The summed E-state index contributed by atoms with van der Waals surface area (Å²) in [6, 6.07) is 120. The fourth-order valence-corrected chi connectivity index (χ4v) is 11.4. The zero-order valence-electron chi connectivity index (χ0n) is 54.5. The molecule has 0 aliphatic heterocycles. The molecule has 0 spiro atoms. The zero-order valence-corrected chi connectivity index (χ0v) is 54.5. The van der Waals surface area contributed by atoms with Crippen LogP contribution in [0, 0.1) is 34.6 Å². The Morgan fingerprint density at radius 3 is 0.726 bits per heavy atom. The van der Waals surface area contributed by atoms with E-state index in [1.807, 2.05) is 117 Å².